The summed E-state index contributed by atoms with van der Waals surface area (Å²) in [5, 5.41) is 11.9. The Balaban J connectivity index is 2.32. The van der Waals surface area contributed by atoms with Crippen molar-refractivity contribution in [2.45, 2.75) is 6.92 Å². The van der Waals surface area contributed by atoms with Gasteiger partial charge in [0.15, 0.2) is 0 Å². The van der Waals surface area contributed by atoms with Gasteiger partial charge in [0.1, 0.15) is 5.69 Å². The first-order chi connectivity index (χ1) is 9.16. The minimum Gasteiger partial charge on any atom is -0.477 e. The first-order valence-corrected chi connectivity index (χ1v) is 6.55. The molecule has 1 aromatic carbocycles. The number of aryl methyl sites for hydroxylation is 1. The number of carboxylic acid groups (broad SMARTS) is 1. The van der Waals surface area contributed by atoms with Gasteiger partial charge in [0, 0.05) is 16.3 Å². The molecular weight excluding hydrogens is 260 g/mol. The van der Waals surface area contributed by atoms with Crippen LogP contribution in [0.5, 0.6) is 0 Å². The normalized spacial score (nSPS) is 10.8. The van der Waals surface area contributed by atoms with Crippen molar-refractivity contribution in [3.8, 4) is 11.3 Å². The third kappa shape index (κ3) is 1.98. The van der Waals surface area contributed by atoms with E-state index in [4.69, 9.17) is 5.11 Å². The summed E-state index contributed by atoms with van der Waals surface area (Å²) in [4.78, 5) is 15.2. The predicted molar refractivity (Wildman–Crippen MR) is 74.5 cm³/mol. The van der Waals surface area contributed by atoms with Crippen LogP contribution in [0.1, 0.15) is 16.1 Å². The Morgan fingerprint density at radius 2 is 2.05 bits per heavy atom. The van der Waals surface area contributed by atoms with Crippen molar-refractivity contribution in [3.05, 3.63) is 47.0 Å². The smallest absolute Gasteiger partial charge is 0.354 e. The quantitative estimate of drug-likeness (QED) is 0.775. The van der Waals surface area contributed by atoms with E-state index in [9.17, 15) is 4.79 Å². The fraction of sp³-hybridized carbons (Fsp3) is 0.0714. The maximum atomic E-state index is 11.0. The Labute approximate surface area is 113 Å². The number of aromatic nitrogens is 2. The number of aromatic carboxylic acids is 1. The fourth-order valence-corrected chi connectivity index (χ4v) is 2.57. The molecule has 0 saturated heterocycles. The number of hydrogen-bond acceptors (Lipinski definition) is 4. The van der Waals surface area contributed by atoms with Crippen LogP contribution in [0.3, 0.4) is 0 Å². The molecule has 0 fully saturated rings. The Morgan fingerprint density at radius 1 is 1.21 bits per heavy atom. The van der Waals surface area contributed by atoms with Gasteiger partial charge in [-0.3, -0.25) is 0 Å². The van der Waals surface area contributed by atoms with Crippen LogP contribution in [0.2, 0.25) is 0 Å². The van der Waals surface area contributed by atoms with Gasteiger partial charge in [-0.05, 0) is 42.2 Å². The molecule has 0 unspecified atom stereocenters. The zero-order valence-electron chi connectivity index (χ0n) is 10.1. The van der Waals surface area contributed by atoms with Crippen molar-refractivity contribution in [1.29, 1.82) is 0 Å². The SMILES string of the molecule is Cc1ccc(-c2ccsn2)c2ccc(C(=O)O)nc12. The summed E-state index contributed by atoms with van der Waals surface area (Å²) in [6.07, 6.45) is 0. The van der Waals surface area contributed by atoms with Crippen LogP contribution in [0.4, 0.5) is 0 Å². The molecule has 2 aromatic heterocycles. The van der Waals surface area contributed by atoms with Gasteiger partial charge in [0.2, 0.25) is 0 Å². The van der Waals surface area contributed by atoms with E-state index in [0.29, 0.717) is 5.52 Å². The van der Waals surface area contributed by atoms with E-state index in [1.165, 1.54) is 17.6 Å². The van der Waals surface area contributed by atoms with E-state index in [0.717, 1.165) is 22.2 Å². The van der Waals surface area contributed by atoms with Gasteiger partial charge in [-0.15, -0.1) is 0 Å². The third-order valence-electron chi connectivity index (χ3n) is 2.99. The molecule has 5 heteroatoms. The minimum atomic E-state index is -1.01. The molecule has 0 aliphatic carbocycles. The van der Waals surface area contributed by atoms with E-state index in [2.05, 4.69) is 9.36 Å². The van der Waals surface area contributed by atoms with Gasteiger partial charge < -0.3 is 5.11 Å². The fourth-order valence-electron chi connectivity index (χ4n) is 2.05. The van der Waals surface area contributed by atoms with Crippen molar-refractivity contribution < 1.29 is 9.90 Å². The Morgan fingerprint density at radius 3 is 2.74 bits per heavy atom. The lowest BCUT2D eigenvalue weighted by Crippen LogP contribution is -2.00. The number of hydrogen-bond donors (Lipinski definition) is 1. The summed E-state index contributed by atoms with van der Waals surface area (Å²) >= 11 is 1.39. The van der Waals surface area contributed by atoms with Crippen LogP contribution >= 0.6 is 11.5 Å². The van der Waals surface area contributed by atoms with Crippen LogP contribution in [0.25, 0.3) is 22.2 Å². The van der Waals surface area contributed by atoms with Crippen molar-refractivity contribution in [2.75, 3.05) is 0 Å². The largest absolute Gasteiger partial charge is 0.477 e. The first-order valence-electron chi connectivity index (χ1n) is 5.71. The summed E-state index contributed by atoms with van der Waals surface area (Å²) in [7, 11) is 0. The molecule has 3 aromatic rings. The lowest BCUT2D eigenvalue weighted by Gasteiger charge is -2.07. The monoisotopic (exact) mass is 270 g/mol. The van der Waals surface area contributed by atoms with Crippen molar-refractivity contribution in [1.82, 2.24) is 9.36 Å². The standard InChI is InChI=1S/C14H10N2O2S/c1-8-2-3-9(11-6-7-19-16-11)10-4-5-12(14(17)18)15-13(8)10/h2-7H,1H3,(H,17,18). The molecule has 0 spiro atoms. The van der Waals surface area contributed by atoms with E-state index in [1.54, 1.807) is 6.07 Å². The maximum Gasteiger partial charge on any atom is 0.354 e. The van der Waals surface area contributed by atoms with Crippen molar-refractivity contribution in [2.24, 2.45) is 0 Å². The molecule has 2 heterocycles. The predicted octanol–water partition coefficient (Wildman–Crippen LogP) is 3.36. The molecule has 3 rings (SSSR count). The maximum absolute atomic E-state index is 11.0. The van der Waals surface area contributed by atoms with Gasteiger partial charge in [-0.2, -0.15) is 4.37 Å². The average molecular weight is 270 g/mol. The highest BCUT2D eigenvalue weighted by molar-refractivity contribution is 7.03. The van der Waals surface area contributed by atoms with Crippen LogP contribution < -0.4 is 0 Å². The summed E-state index contributed by atoms with van der Waals surface area (Å²) < 4.78 is 4.32. The number of fused-ring (bicyclic) bond motifs is 1. The number of carboxylic acids is 1. The number of nitrogens with zero attached hydrogens (tertiary/aromatic N) is 2. The van der Waals surface area contributed by atoms with Crippen molar-refractivity contribution in [3.63, 3.8) is 0 Å². The first kappa shape index (κ1) is 11.8. The number of benzene rings is 1. The van der Waals surface area contributed by atoms with E-state index < -0.39 is 5.97 Å². The molecule has 0 atom stereocenters. The van der Waals surface area contributed by atoms with Crippen molar-refractivity contribution >= 4 is 28.4 Å². The lowest BCUT2D eigenvalue weighted by molar-refractivity contribution is 0.0691. The van der Waals surface area contributed by atoms with Gasteiger partial charge in [-0.1, -0.05) is 12.1 Å². The van der Waals surface area contributed by atoms with Gasteiger partial charge in [-0.25, -0.2) is 9.78 Å². The zero-order valence-corrected chi connectivity index (χ0v) is 10.9. The highest BCUT2D eigenvalue weighted by Gasteiger charge is 2.11. The van der Waals surface area contributed by atoms with Gasteiger partial charge >= 0.3 is 5.97 Å². The molecule has 4 nitrogen and oxygen atoms in total. The Kier molecular flexibility index (Phi) is 2.76. The Bertz CT molecular complexity index is 766. The molecule has 0 bridgehead atoms. The van der Waals surface area contributed by atoms with Crippen LogP contribution in [-0.4, -0.2) is 20.4 Å². The van der Waals surface area contributed by atoms with E-state index in [-0.39, 0.29) is 5.69 Å². The summed E-state index contributed by atoms with van der Waals surface area (Å²) in [6.45, 7) is 1.92. The molecule has 0 radical (unpaired) electrons. The van der Waals surface area contributed by atoms with E-state index >= 15 is 0 Å². The number of rotatable bonds is 2. The van der Waals surface area contributed by atoms with Gasteiger partial charge in [0.05, 0.1) is 11.2 Å². The topological polar surface area (TPSA) is 63.1 Å². The van der Waals surface area contributed by atoms with Crippen LogP contribution in [0, 0.1) is 6.92 Å². The molecule has 94 valence electrons. The summed E-state index contributed by atoms with van der Waals surface area (Å²) in [6, 6.07) is 9.21. The molecule has 1 N–H and O–H groups in total. The molecule has 0 aliphatic heterocycles. The minimum absolute atomic E-state index is 0.0611. The second-order valence-corrected chi connectivity index (χ2v) is 4.88. The molecule has 0 amide bonds. The van der Waals surface area contributed by atoms with E-state index in [1.807, 2.05) is 30.5 Å². The number of pyridine rings is 1. The highest BCUT2D eigenvalue weighted by atomic mass is 32.1. The summed E-state index contributed by atoms with van der Waals surface area (Å²) in [5.41, 5.74) is 3.60. The van der Waals surface area contributed by atoms with Crippen LogP contribution in [-0.2, 0) is 0 Å². The summed E-state index contributed by atoms with van der Waals surface area (Å²) in [5.74, 6) is -1.01. The third-order valence-corrected chi connectivity index (χ3v) is 3.55. The molecular formula is C14H10N2O2S. The lowest BCUT2D eigenvalue weighted by atomic mass is 10.0. The zero-order chi connectivity index (χ0) is 13.4. The molecule has 0 saturated carbocycles. The van der Waals surface area contributed by atoms with Crippen LogP contribution in [0.15, 0.2) is 35.7 Å². The second-order valence-electron chi connectivity index (χ2n) is 4.21. The number of carbonyl (C=O) groups is 1. The second kappa shape index (κ2) is 4.44. The molecule has 0 aliphatic rings. The highest BCUT2D eigenvalue weighted by Crippen LogP contribution is 2.29. The van der Waals surface area contributed by atoms with Gasteiger partial charge in [0.25, 0.3) is 0 Å². The average Bonchev–Trinajstić information content (AvgIpc) is 2.92. The molecule has 19 heavy (non-hydrogen) atoms. The Hall–Kier alpha value is -2.27.